The number of methoxy groups -OCH3 is 1. The number of carbonyl (C=O) groups is 1. The van der Waals surface area contributed by atoms with Crippen molar-refractivity contribution in [2.75, 3.05) is 32.7 Å². The Morgan fingerprint density at radius 2 is 2.00 bits per heavy atom. The fourth-order valence-electron chi connectivity index (χ4n) is 1.29. The van der Waals surface area contributed by atoms with Crippen molar-refractivity contribution < 1.29 is 17.9 Å². The molecule has 100 valence electrons. The number of hydrogen-bond acceptors (Lipinski definition) is 5. The van der Waals surface area contributed by atoms with E-state index in [1.165, 1.54) is 33.3 Å². The number of benzene rings is 1. The second-order valence-electron chi connectivity index (χ2n) is 3.91. The van der Waals surface area contributed by atoms with E-state index < -0.39 is 21.6 Å². The molecule has 0 aliphatic heterocycles. The van der Waals surface area contributed by atoms with Crippen LogP contribution in [0.3, 0.4) is 0 Å². The quantitative estimate of drug-likeness (QED) is 0.617. The molecule has 18 heavy (non-hydrogen) atoms. The summed E-state index contributed by atoms with van der Waals surface area (Å²) in [5.41, 5.74) is 6.07. The van der Waals surface area contributed by atoms with Crippen molar-refractivity contribution in [1.29, 1.82) is 0 Å². The van der Waals surface area contributed by atoms with Gasteiger partial charge in [0.05, 0.1) is 7.11 Å². The number of nitrogen functional groups attached to an aromatic ring is 1. The molecule has 0 aliphatic rings. The maximum Gasteiger partial charge on any atom is 0.221 e. The maximum absolute atomic E-state index is 11.9. The van der Waals surface area contributed by atoms with Gasteiger partial charge in [0.1, 0.15) is 11.5 Å². The first kappa shape index (κ1) is 14.5. The summed E-state index contributed by atoms with van der Waals surface area (Å²) in [6, 6.07) is 4.50. The molecule has 6 nitrogen and oxygen atoms in total. The third-order valence-electron chi connectivity index (χ3n) is 2.43. The van der Waals surface area contributed by atoms with Crippen molar-refractivity contribution in [1.82, 2.24) is 4.31 Å². The monoisotopic (exact) mass is 272 g/mol. The van der Waals surface area contributed by atoms with Crippen molar-refractivity contribution in [2.24, 2.45) is 0 Å². The second kappa shape index (κ2) is 5.36. The Morgan fingerprint density at radius 1 is 1.39 bits per heavy atom. The highest BCUT2D eigenvalue weighted by atomic mass is 32.2. The Morgan fingerprint density at radius 3 is 2.44 bits per heavy atom. The standard InChI is InChI=1S/C11H16N2O4S/c1-13(2)18(15,16)7-11(14)9-5-4-8(17-3)6-10(9)12/h4-6H,7,12H2,1-3H3. The van der Waals surface area contributed by atoms with Gasteiger partial charge in [0.25, 0.3) is 0 Å². The molecule has 0 heterocycles. The molecule has 0 fully saturated rings. The Bertz CT molecular complexity index is 552. The van der Waals surface area contributed by atoms with Crippen LogP contribution in [0.2, 0.25) is 0 Å². The van der Waals surface area contributed by atoms with E-state index in [2.05, 4.69) is 0 Å². The molecule has 0 saturated carbocycles. The average molecular weight is 272 g/mol. The highest BCUT2D eigenvalue weighted by Gasteiger charge is 2.21. The van der Waals surface area contributed by atoms with Crippen molar-refractivity contribution in [2.45, 2.75) is 0 Å². The van der Waals surface area contributed by atoms with Crippen LogP contribution in [0.25, 0.3) is 0 Å². The minimum absolute atomic E-state index is 0.182. The predicted molar refractivity (Wildman–Crippen MR) is 69.2 cm³/mol. The zero-order valence-electron chi connectivity index (χ0n) is 10.5. The summed E-state index contributed by atoms with van der Waals surface area (Å²) in [6.07, 6.45) is 0. The molecule has 0 aliphatic carbocycles. The predicted octanol–water partition coefficient (Wildman–Crippen LogP) is 0.352. The zero-order valence-corrected chi connectivity index (χ0v) is 11.3. The summed E-state index contributed by atoms with van der Waals surface area (Å²) in [5, 5.41) is 0. The Kier molecular flexibility index (Phi) is 4.31. The van der Waals surface area contributed by atoms with Crippen molar-refractivity contribution in [3.8, 4) is 5.75 Å². The molecule has 2 N–H and O–H groups in total. The fourth-order valence-corrected chi connectivity index (χ4v) is 2.04. The lowest BCUT2D eigenvalue weighted by Crippen LogP contribution is -2.29. The van der Waals surface area contributed by atoms with Crippen molar-refractivity contribution in [3.63, 3.8) is 0 Å². The Hall–Kier alpha value is -1.60. The number of Topliss-reactive ketones (excluding diaryl/α,β-unsaturated/α-hetero) is 1. The molecule has 0 bridgehead atoms. The van der Waals surface area contributed by atoms with Gasteiger partial charge >= 0.3 is 0 Å². The number of hydrogen-bond donors (Lipinski definition) is 1. The first-order chi connectivity index (χ1) is 8.27. The van der Waals surface area contributed by atoms with E-state index in [1.54, 1.807) is 6.07 Å². The van der Waals surface area contributed by atoms with E-state index in [9.17, 15) is 13.2 Å². The van der Waals surface area contributed by atoms with Crippen LogP contribution >= 0.6 is 0 Å². The lowest BCUT2D eigenvalue weighted by molar-refractivity contribution is 0.102. The Labute approximate surface area is 106 Å². The van der Waals surface area contributed by atoms with Crippen molar-refractivity contribution in [3.05, 3.63) is 23.8 Å². The normalized spacial score (nSPS) is 11.6. The number of rotatable bonds is 5. The van der Waals surface area contributed by atoms with Crippen LogP contribution < -0.4 is 10.5 Å². The number of nitrogens with two attached hydrogens (primary N) is 1. The molecular weight excluding hydrogens is 256 g/mol. The first-order valence-electron chi connectivity index (χ1n) is 5.15. The topological polar surface area (TPSA) is 89.7 Å². The number of anilines is 1. The van der Waals surface area contributed by atoms with E-state index in [4.69, 9.17) is 10.5 Å². The average Bonchev–Trinajstić information content (AvgIpc) is 2.27. The van der Waals surface area contributed by atoms with E-state index in [0.29, 0.717) is 5.75 Å². The molecule has 0 radical (unpaired) electrons. The van der Waals surface area contributed by atoms with Gasteiger partial charge in [0, 0.05) is 31.4 Å². The van der Waals surface area contributed by atoms with E-state index in [1.807, 2.05) is 0 Å². The van der Waals surface area contributed by atoms with Crippen molar-refractivity contribution >= 4 is 21.5 Å². The van der Waals surface area contributed by atoms with Crippen LogP contribution in [-0.2, 0) is 10.0 Å². The highest BCUT2D eigenvalue weighted by Crippen LogP contribution is 2.20. The van der Waals surface area contributed by atoms with Crippen LogP contribution in [0.4, 0.5) is 5.69 Å². The van der Waals surface area contributed by atoms with Gasteiger partial charge in [-0.05, 0) is 12.1 Å². The van der Waals surface area contributed by atoms with E-state index >= 15 is 0 Å². The smallest absolute Gasteiger partial charge is 0.221 e. The summed E-state index contributed by atoms with van der Waals surface area (Å²) < 4.78 is 29.1. The van der Waals surface area contributed by atoms with E-state index in [-0.39, 0.29) is 11.3 Å². The molecule has 1 aromatic rings. The van der Waals surface area contributed by atoms with Crippen LogP contribution in [0.15, 0.2) is 18.2 Å². The van der Waals surface area contributed by atoms with E-state index in [0.717, 1.165) is 4.31 Å². The first-order valence-corrected chi connectivity index (χ1v) is 6.75. The number of sulfonamides is 1. The zero-order chi connectivity index (χ0) is 13.9. The van der Waals surface area contributed by atoms with Crippen LogP contribution in [0, 0.1) is 0 Å². The van der Waals surface area contributed by atoms with Gasteiger partial charge in [-0.3, -0.25) is 4.79 Å². The van der Waals surface area contributed by atoms with Gasteiger partial charge in [-0.1, -0.05) is 0 Å². The SMILES string of the molecule is COc1ccc(C(=O)CS(=O)(=O)N(C)C)c(N)c1. The van der Waals surface area contributed by atoms with Gasteiger partial charge in [0.15, 0.2) is 5.78 Å². The molecule has 0 aromatic heterocycles. The summed E-state index contributed by atoms with van der Waals surface area (Å²) in [4.78, 5) is 11.9. The molecule has 1 aromatic carbocycles. The summed E-state index contributed by atoms with van der Waals surface area (Å²) >= 11 is 0. The molecule has 1 rings (SSSR count). The van der Waals surface area contributed by atoms with Gasteiger partial charge in [0.2, 0.25) is 10.0 Å². The van der Waals surface area contributed by atoms with Crippen LogP contribution in [0.5, 0.6) is 5.75 Å². The number of ketones is 1. The molecule has 0 saturated heterocycles. The van der Waals surface area contributed by atoms with Crippen LogP contribution in [-0.4, -0.2) is 45.5 Å². The third kappa shape index (κ3) is 3.21. The molecular formula is C11H16N2O4S. The lowest BCUT2D eigenvalue weighted by Gasteiger charge is -2.11. The molecule has 7 heteroatoms. The van der Waals surface area contributed by atoms with Crippen LogP contribution in [0.1, 0.15) is 10.4 Å². The molecule has 0 atom stereocenters. The lowest BCUT2D eigenvalue weighted by atomic mass is 10.1. The fraction of sp³-hybridized carbons (Fsp3) is 0.364. The number of ether oxygens (including phenoxy) is 1. The summed E-state index contributed by atoms with van der Waals surface area (Å²) in [6.45, 7) is 0. The van der Waals surface area contributed by atoms with Gasteiger partial charge < -0.3 is 10.5 Å². The number of nitrogens with zero attached hydrogens (tertiary/aromatic N) is 1. The third-order valence-corrected chi connectivity index (χ3v) is 4.17. The highest BCUT2D eigenvalue weighted by molar-refractivity contribution is 7.89. The number of carbonyl (C=O) groups excluding carboxylic acids is 1. The molecule has 0 spiro atoms. The minimum Gasteiger partial charge on any atom is -0.497 e. The van der Waals surface area contributed by atoms with Gasteiger partial charge in [-0.2, -0.15) is 0 Å². The van der Waals surface area contributed by atoms with Gasteiger partial charge in [-0.25, -0.2) is 12.7 Å². The summed E-state index contributed by atoms with van der Waals surface area (Å²) in [5.74, 6) is -0.625. The molecule has 0 unspecified atom stereocenters. The second-order valence-corrected chi connectivity index (χ2v) is 6.10. The summed E-state index contributed by atoms with van der Waals surface area (Å²) in [7, 11) is 0.648. The maximum atomic E-state index is 11.9. The largest absolute Gasteiger partial charge is 0.497 e. The minimum atomic E-state index is -3.58. The Balaban J connectivity index is 2.99. The molecule has 0 amide bonds. The van der Waals surface area contributed by atoms with Gasteiger partial charge in [-0.15, -0.1) is 0 Å².